The molecule has 188 valence electrons. The summed E-state index contributed by atoms with van der Waals surface area (Å²) < 4.78 is 20.4. The monoisotopic (exact) mass is 484 g/mol. The number of urea groups is 1. The highest BCUT2D eigenvalue weighted by Gasteiger charge is 2.36. The van der Waals surface area contributed by atoms with E-state index < -0.39 is 11.6 Å². The minimum atomic E-state index is -1.21. The minimum Gasteiger partial charge on any atom is -0.381 e. The molecular formula is C26H33FN4O4. The highest BCUT2D eigenvalue weighted by atomic mass is 19.1. The van der Waals surface area contributed by atoms with Gasteiger partial charge in [0.25, 0.3) is 5.91 Å². The third-order valence-corrected chi connectivity index (χ3v) is 6.74. The van der Waals surface area contributed by atoms with Crippen LogP contribution in [0.15, 0.2) is 48.5 Å². The van der Waals surface area contributed by atoms with Crippen molar-refractivity contribution < 1.29 is 23.9 Å². The fourth-order valence-electron chi connectivity index (χ4n) is 4.64. The van der Waals surface area contributed by atoms with E-state index in [0.29, 0.717) is 70.9 Å². The fourth-order valence-corrected chi connectivity index (χ4v) is 4.64. The van der Waals surface area contributed by atoms with Crippen molar-refractivity contribution in [3.63, 3.8) is 0 Å². The van der Waals surface area contributed by atoms with E-state index in [1.54, 1.807) is 34.6 Å². The first-order valence-electron chi connectivity index (χ1n) is 12.0. The topological polar surface area (TPSA) is 85.4 Å². The number of hydrogen-bond donors (Lipinski definition) is 2. The number of amides is 3. The van der Waals surface area contributed by atoms with Gasteiger partial charge in [0.2, 0.25) is 0 Å². The summed E-state index contributed by atoms with van der Waals surface area (Å²) in [6.07, 6.45) is 0.845. The predicted molar refractivity (Wildman–Crippen MR) is 130 cm³/mol. The van der Waals surface area contributed by atoms with E-state index in [0.717, 1.165) is 16.8 Å². The van der Waals surface area contributed by atoms with Gasteiger partial charge in [-0.25, -0.2) is 14.7 Å². The quantitative estimate of drug-likeness (QED) is 0.485. The molecule has 0 radical (unpaired) electrons. The zero-order valence-corrected chi connectivity index (χ0v) is 20.1. The van der Waals surface area contributed by atoms with Crippen LogP contribution in [-0.2, 0) is 11.3 Å². The Bertz CT molecular complexity index is 1020. The maximum Gasteiger partial charge on any atom is 0.324 e. The van der Waals surface area contributed by atoms with Gasteiger partial charge in [0.15, 0.2) is 0 Å². The molecule has 2 aromatic rings. The summed E-state index contributed by atoms with van der Waals surface area (Å²) in [6.45, 7) is 5.95. The number of rotatable bonds is 6. The highest BCUT2D eigenvalue weighted by Crippen LogP contribution is 2.27. The zero-order valence-electron chi connectivity index (χ0n) is 20.1. The van der Waals surface area contributed by atoms with E-state index in [9.17, 15) is 9.59 Å². The second kappa shape index (κ2) is 11.2. The number of nitrogens with zero attached hydrogens (tertiary/aromatic N) is 3. The van der Waals surface area contributed by atoms with Crippen molar-refractivity contribution in [2.75, 3.05) is 50.8 Å². The van der Waals surface area contributed by atoms with Gasteiger partial charge in [-0.2, -0.15) is 0 Å². The van der Waals surface area contributed by atoms with E-state index in [2.05, 4.69) is 4.90 Å². The Kier molecular flexibility index (Phi) is 8.00. The molecule has 2 heterocycles. The third-order valence-electron chi connectivity index (χ3n) is 6.74. The van der Waals surface area contributed by atoms with Gasteiger partial charge in [-0.3, -0.25) is 19.8 Å². The number of piperazine rings is 1. The van der Waals surface area contributed by atoms with Crippen LogP contribution in [0.1, 0.15) is 34.3 Å². The maximum absolute atomic E-state index is 15.1. The first-order valence-corrected chi connectivity index (χ1v) is 12.0. The standard InChI is InChI=1S/C26H33FN4O4/c1-20-3-2-4-23(17-20)31(18-21-5-7-22(8-6-21)24(32)28-34)25(33)30-13-11-29(12-14-30)19-26(27)9-15-35-16-10-26/h2-8,17,34H,9-16,18-19H2,1H3,(H,28,32). The Balaban J connectivity index is 1.44. The first-order chi connectivity index (χ1) is 16.9. The summed E-state index contributed by atoms with van der Waals surface area (Å²) in [5, 5.41) is 8.83. The molecule has 0 bridgehead atoms. The van der Waals surface area contributed by atoms with E-state index in [1.165, 1.54) is 0 Å². The van der Waals surface area contributed by atoms with Crippen LogP contribution >= 0.6 is 0 Å². The molecule has 9 heteroatoms. The molecule has 2 aliphatic heterocycles. The van der Waals surface area contributed by atoms with Crippen LogP contribution < -0.4 is 10.4 Å². The number of alkyl halides is 1. The van der Waals surface area contributed by atoms with Gasteiger partial charge in [-0.05, 0) is 42.3 Å². The molecule has 0 aromatic heterocycles. The number of hydroxylamine groups is 1. The second-order valence-corrected chi connectivity index (χ2v) is 9.37. The number of ether oxygens (including phenoxy) is 1. The van der Waals surface area contributed by atoms with Crippen molar-refractivity contribution in [3.05, 3.63) is 65.2 Å². The van der Waals surface area contributed by atoms with Gasteiger partial charge in [0.1, 0.15) is 5.67 Å². The summed E-state index contributed by atoms with van der Waals surface area (Å²) in [6, 6.07) is 14.5. The van der Waals surface area contributed by atoms with Crippen LogP contribution in [0.25, 0.3) is 0 Å². The van der Waals surface area contributed by atoms with E-state index >= 15 is 4.39 Å². The summed E-state index contributed by atoms with van der Waals surface area (Å²) >= 11 is 0. The molecule has 2 fully saturated rings. The Morgan fingerprint density at radius 1 is 1.09 bits per heavy atom. The Labute approximate surface area is 205 Å². The first kappa shape index (κ1) is 25.1. The van der Waals surface area contributed by atoms with Crippen molar-refractivity contribution >= 4 is 17.6 Å². The van der Waals surface area contributed by atoms with Crippen LogP contribution in [-0.4, -0.2) is 78.6 Å². The molecule has 4 rings (SSSR count). The van der Waals surface area contributed by atoms with Gasteiger partial charge in [0.05, 0.1) is 6.54 Å². The molecule has 0 atom stereocenters. The number of aryl methyl sites for hydroxylation is 1. The average molecular weight is 485 g/mol. The molecule has 0 saturated carbocycles. The number of hydrogen-bond acceptors (Lipinski definition) is 5. The van der Waals surface area contributed by atoms with Crippen LogP contribution in [0.4, 0.5) is 14.9 Å². The largest absolute Gasteiger partial charge is 0.381 e. The van der Waals surface area contributed by atoms with Gasteiger partial charge in [0, 0.05) is 70.0 Å². The molecule has 0 aliphatic carbocycles. The van der Waals surface area contributed by atoms with Crippen molar-refractivity contribution in [2.24, 2.45) is 0 Å². The van der Waals surface area contributed by atoms with Crippen molar-refractivity contribution in [1.29, 1.82) is 0 Å². The summed E-state index contributed by atoms with van der Waals surface area (Å²) in [5.41, 5.74) is 3.43. The molecule has 2 saturated heterocycles. The molecule has 8 nitrogen and oxygen atoms in total. The Morgan fingerprint density at radius 2 is 1.77 bits per heavy atom. The zero-order chi connectivity index (χ0) is 24.8. The molecule has 3 amide bonds. The van der Waals surface area contributed by atoms with Gasteiger partial charge in [-0.15, -0.1) is 0 Å². The van der Waals surface area contributed by atoms with E-state index in [4.69, 9.17) is 9.94 Å². The molecule has 2 N–H and O–H groups in total. The maximum atomic E-state index is 15.1. The fraction of sp³-hybridized carbons (Fsp3) is 0.462. The number of halogens is 1. The lowest BCUT2D eigenvalue weighted by atomic mass is 9.95. The van der Waals surface area contributed by atoms with Crippen molar-refractivity contribution in [1.82, 2.24) is 15.3 Å². The summed E-state index contributed by atoms with van der Waals surface area (Å²) in [7, 11) is 0. The lowest BCUT2D eigenvalue weighted by Gasteiger charge is -2.41. The number of anilines is 1. The van der Waals surface area contributed by atoms with Crippen LogP contribution in [0.5, 0.6) is 0 Å². The Hall–Kier alpha value is -3.01. The van der Waals surface area contributed by atoms with E-state index in [1.807, 2.05) is 36.1 Å². The predicted octanol–water partition coefficient (Wildman–Crippen LogP) is 3.38. The molecule has 35 heavy (non-hydrogen) atoms. The normalized spacial score (nSPS) is 18.2. The third kappa shape index (κ3) is 6.36. The molecule has 0 unspecified atom stereocenters. The smallest absolute Gasteiger partial charge is 0.324 e. The van der Waals surface area contributed by atoms with Crippen LogP contribution in [0, 0.1) is 6.92 Å². The highest BCUT2D eigenvalue weighted by molar-refractivity contribution is 5.94. The number of nitrogens with one attached hydrogen (secondary N) is 1. The Morgan fingerprint density at radius 3 is 2.40 bits per heavy atom. The summed E-state index contributed by atoms with van der Waals surface area (Å²) in [5.74, 6) is -0.586. The van der Waals surface area contributed by atoms with Gasteiger partial charge in [-0.1, -0.05) is 24.3 Å². The van der Waals surface area contributed by atoms with E-state index in [-0.39, 0.29) is 6.03 Å². The number of benzene rings is 2. The van der Waals surface area contributed by atoms with Crippen molar-refractivity contribution in [2.45, 2.75) is 32.0 Å². The van der Waals surface area contributed by atoms with Gasteiger partial charge >= 0.3 is 6.03 Å². The molecular weight excluding hydrogens is 451 g/mol. The van der Waals surface area contributed by atoms with Crippen molar-refractivity contribution in [3.8, 4) is 0 Å². The van der Waals surface area contributed by atoms with Crippen LogP contribution in [0.2, 0.25) is 0 Å². The summed E-state index contributed by atoms with van der Waals surface area (Å²) in [4.78, 5) is 30.9. The molecule has 0 spiro atoms. The molecule has 2 aliphatic rings. The number of carbonyl (C=O) groups is 2. The molecule has 2 aromatic carbocycles. The minimum absolute atomic E-state index is 0.103. The lowest BCUT2D eigenvalue weighted by Crippen LogP contribution is -2.55. The van der Waals surface area contributed by atoms with Gasteiger partial charge < -0.3 is 9.64 Å². The second-order valence-electron chi connectivity index (χ2n) is 9.37. The lowest BCUT2D eigenvalue weighted by molar-refractivity contribution is -0.0317. The number of carbonyl (C=O) groups excluding carboxylic acids is 2. The SMILES string of the molecule is Cc1cccc(N(Cc2ccc(C(=O)NO)cc2)C(=O)N2CCN(CC3(F)CCOCC3)CC2)c1. The average Bonchev–Trinajstić information content (AvgIpc) is 2.87. The van der Waals surface area contributed by atoms with Crippen LogP contribution in [0.3, 0.4) is 0 Å².